The number of hydrogen-bond acceptors (Lipinski definition) is 7. The van der Waals surface area contributed by atoms with Crippen LogP contribution in [0, 0.1) is 0 Å². The summed E-state index contributed by atoms with van der Waals surface area (Å²) in [6, 6.07) is 8.29. The molecule has 4 rings (SSSR count). The molecule has 4 N–H and O–H groups in total. The number of nitrogen functional groups attached to an aromatic ring is 1. The molecule has 0 aliphatic carbocycles. The molecule has 0 amide bonds. The smallest absolute Gasteiger partial charge is 0.163 e. The number of hydrogen-bond donors (Lipinski definition) is 3. The Morgan fingerprint density at radius 2 is 2.20 bits per heavy atom. The molecule has 0 saturated carbocycles. The van der Waals surface area contributed by atoms with Gasteiger partial charge in [-0.25, -0.2) is 5.48 Å². The maximum absolute atomic E-state index is 5.97. The van der Waals surface area contributed by atoms with Crippen molar-refractivity contribution in [2.24, 2.45) is 9.98 Å². The molecular weight excluding hydrogens is 316 g/mol. The number of pyridine rings is 1. The second-order valence-electron chi connectivity index (χ2n) is 5.97. The summed E-state index contributed by atoms with van der Waals surface area (Å²) in [4.78, 5) is 17.0. The Morgan fingerprint density at radius 3 is 2.92 bits per heavy atom. The van der Waals surface area contributed by atoms with Crippen LogP contribution in [0.3, 0.4) is 0 Å². The fourth-order valence-electron chi connectivity index (χ4n) is 2.96. The van der Waals surface area contributed by atoms with E-state index in [1.165, 1.54) is 12.0 Å². The number of anilines is 1. The molecule has 7 heteroatoms. The van der Waals surface area contributed by atoms with Crippen LogP contribution in [-0.2, 0) is 4.84 Å². The highest BCUT2D eigenvalue weighted by Gasteiger charge is 2.16. The van der Waals surface area contributed by atoms with Crippen LogP contribution in [0.15, 0.2) is 40.4 Å². The van der Waals surface area contributed by atoms with Crippen molar-refractivity contribution in [3.8, 4) is 0 Å². The minimum Gasteiger partial charge on any atom is -0.398 e. The van der Waals surface area contributed by atoms with Gasteiger partial charge in [-0.05, 0) is 42.6 Å². The molecule has 1 unspecified atom stereocenters. The number of aliphatic imine (C=N–C) groups is 2. The van der Waals surface area contributed by atoms with E-state index in [9.17, 15) is 0 Å². The van der Waals surface area contributed by atoms with E-state index in [4.69, 9.17) is 5.73 Å². The number of nitrogens with one attached hydrogen (secondary N) is 2. The average molecular weight is 340 g/mol. The number of amidine groups is 1. The van der Waals surface area contributed by atoms with E-state index in [0.29, 0.717) is 11.8 Å². The molecule has 7 nitrogen and oxygen atoms in total. The van der Waals surface area contributed by atoms with E-state index in [-0.39, 0.29) is 0 Å². The Balaban J connectivity index is 0.000000173. The van der Waals surface area contributed by atoms with Crippen LogP contribution >= 0.6 is 0 Å². The van der Waals surface area contributed by atoms with Crippen molar-refractivity contribution in [2.45, 2.75) is 12.3 Å². The van der Waals surface area contributed by atoms with Gasteiger partial charge in [0.05, 0.1) is 31.9 Å². The lowest BCUT2D eigenvalue weighted by Gasteiger charge is -2.10. The third-order valence-electron chi connectivity index (χ3n) is 4.26. The first-order valence-electron chi connectivity index (χ1n) is 8.46. The molecule has 1 aromatic carbocycles. The topological polar surface area (TPSA) is 96.9 Å². The highest BCUT2D eigenvalue weighted by Crippen LogP contribution is 2.27. The zero-order valence-electron chi connectivity index (χ0n) is 14.4. The molecule has 2 aliphatic heterocycles. The van der Waals surface area contributed by atoms with Gasteiger partial charge in [0.2, 0.25) is 0 Å². The molecule has 0 radical (unpaired) electrons. The summed E-state index contributed by atoms with van der Waals surface area (Å²) in [5.74, 6) is 1.33. The van der Waals surface area contributed by atoms with Crippen molar-refractivity contribution in [1.29, 1.82) is 0 Å². The molecule has 25 heavy (non-hydrogen) atoms. The lowest BCUT2D eigenvalue weighted by Crippen LogP contribution is -2.26. The highest BCUT2D eigenvalue weighted by atomic mass is 16.6. The van der Waals surface area contributed by atoms with E-state index >= 15 is 0 Å². The van der Waals surface area contributed by atoms with Crippen LogP contribution in [0.4, 0.5) is 5.69 Å². The molecule has 132 valence electrons. The van der Waals surface area contributed by atoms with E-state index < -0.39 is 0 Å². The van der Waals surface area contributed by atoms with Crippen molar-refractivity contribution >= 4 is 28.6 Å². The van der Waals surface area contributed by atoms with E-state index in [1.54, 1.807) is 19.5 Å². The van der Waals surface area contributed by atoms with Gasteiger partial charge in [-0.1, -0.05) is 6.07 Å². The summed E-state index contributed by atoms with van der Waals surface area (Å²) in [7, 11) is 1.55. The fraction of sp³-hybridized carbons (Fsp3) is 0.389. The highest BCUT2D eigenvalue weighted by molar-refractivity contribution is 6.29. The third-order valence-corrected chi connectivity index (χ3v) is 4.26. The van der Waals surface area contributed by atoms with Gasteiger partial charge in [0.25, 0.3) is 0 Å². The van der Waals surface area contributed by atoms with Gasteiger partial charge in [0, 0.05) is 23.8 Å². The number of aromatic nitrogens is 1. The quantitative estimate of drug-likeness (QED) is 0.720. The number of benzene rings is 1. The zero-order valence-corrected chi connectivity index (χ0v) is 14.4. The third kappa shape index (κ3) is 4.52. The SMILES string of the molecule is CONC1=NCCN=C1.Nc1ccnc2ccc(C3CCNC3)cc12. The van der Waals surface area contributed by atoms with Crippen LogP contribution in [0.5, 0.6) is 0 Å². The second kappa shape index (κ2) is 8.55. The van der Waals surface area contributed by atoms with Crippen LogP contribution in [-0.4, -0.2) is 50.3 Å². The van der Waals surface area contributed by atoms with Gasteiger partial charge in [-0.3, -0.25) is 19.8 Å². The average Bonchev–Trinajstić information content (AvgIpc) is 3.18. The van der Waals surface area contributed by atoms with Gasteiger partial charge >= 0.3 is 0 Å². The Bertz CT molecular complexity index is 767. The van der Waals surface area contributed by atoms with Crippen molar-refractivity contribution in [3.05, 3.63) is 36.0 Å². The number of nitrogens with zero attached hydrogens (tertiary/aromatic N) is 3. The molecule has 1 fully saturated rings. The minimum absolute atomic E-state index is 0.629. The van der Waals surface area contributed by atoms with E-state index in [0.717, 1.165) is 42.8 Å². The Kier molecular flexibility index (Phi) is 5.92. The summed E-state index contributed by atoms with van der Waals surface area (Å²) in [5.41, 5.74) is 11.7. The molecule has 0 bridgehead atoms. The van der Waals surface area contributed by atoms with Crippen LogP contribution < -0.4 is 16.5 Å². The maximum atomic E-state index is 5.97. The summed E-state index contributed by atoms with van der Waals surface area (Å²) in [6.45, 7) is 3.73. The lowest BCUT2D eigenvalue weighted by atomic mass is 9.96. The van der Waals surface area contributed by atoms with Crippen molar-refractivity contribution < 1.29 is 4.84 Å². The second-order valence-corrected chi connectivity index (χ2v) is 5.97. The standard InChI is InChI=1S/C13H15N3.C5H9N3O/c14-12-4-6-16-13-2-1-9(7-11(12)13)10-3-5-15-8-10;1-9-8-5-4-6-2-3-7-5/h1-2,4,6-7,10,15H,3,5,8H2,(H2,14,16);4H,2-3H2,1H3,(H,7,8). The first kappa shape index (κ1) is 17.3. The summed E-state index contributed by atoms with van der Waals surface area (Å²) < 4.78 is 0. The largest absolute Gasteiger partial charge is 0.398 e. The van der Waals surface area contributed by atoms with Gasteiger partial charge in [-0.2, -0.15) is 0 Å². The van der Waals surface area contributed by atoms with E-state index in [1.807, 2.05) is 6.07 Å². The lowest BCUT2D eigenvalue weighted by molar-refractivity contribution is 0.146. The van der Waals surface area contributed by atoms with Crippen molar-refractivity contribution in [3.63, 3.8) is 0 Å². The van der Waals surface area contributed by atoms with Crippen LogP contribution in [0.2, 0.25) is 0 Å². The molecule has 1 atom stereocenters. The molecule has 2 aromatic rings. The van der Waals surface area contributed by atoms with Crippen LogP contribution in [0.25, 0.3) is 10.9 Å². The van der Waals surface area contributed by atoms with Gasteiger partial charge in [-0.15, -0.1) is 0 Å². The first-order chi connectivity index (χ1) is 12.3. The fourth-order valence-corrected chi connectivity index (χ4v) is 2.96. The Labute approximate surface area is 147 Å². The summed E-state index contributed by atoms with van der Waals surface area (Å²) in [5, 5.41) is 4.46. The monoisotopic (exact) mass is 340 g/mol. The molecule has 1 aromatic heterocycles. The van der Waals surface area contributed by atoms with Gasteiger partial charge < -0.3 is 11.1 Å². The van der Waals surface area contributed by atoms with Crippen molar-refractivity contribution in [1.82, 2.24) is 15.8 Å². The zero-order chi connectivity index (χ0) is 17.5. The van der Waals surface area contributed by atoms with Crippen LogP contribution in [0.1, 0.15) is 17.9 Å². The maximum Gasteiger partial charge on any atom is 0.163 e. The molecule has 3 heterocycles. The summed E-state index contributed by atoms with van der Waals surface area (Å²) >= 11 is 0. The molecular formula is C18H24N6O. The molecule has 1 saturated heterocycles. The first-order valence-corrected chi connectivity index (χ1v) is 8.46. The Morgan fingerprint density at radius 1 is 1.28 bits per heavy atom. The van der Waals surface area contributed by atoms with Crippen molar-refractivity contribution in [2.75, 3.05) is 39.0 Å². The number of hydroxylamine groups is 1. The van der Waals surface area contributed by atoms with Gasteiger partial charge in [0.15, 0.2) is 5.84 Å². The number of rotatable bonds is 2. The minimum atomic E-state index is 0.629. The predicted octanol–water partition coefficient (Wildman–Crippen LogP) is 1.51. The molecule has 2 aliphatic rings. The Hall–Kier alpha value is -2.51. The normalized spacial score (nSPS) is 19.2. The van der Waals surface area contributed by atoms with Gasteiger partial charge in [0.1, 0.15) is 0 Å². The van der Waals surface area contributed by atoms with E-state index in [2.05, 4.69) is 48.8 Å². The molecule has 0 spiro atoms. The number of nitrogens with two attached hydrogens (primary N) is 1. The number of fused-ring (bicyclic) bond motifs is 1. The predicted molar refractivity (Wildman–Crippen MR) is 102 cm³/mol. The summed E-state index contributed by atoms with van der Waals surface area (Å²) in [6.07, 6.45) is 4.63.